The molecule has 1 unspecified atom stereocenters. The van der Waals surface area contributed by atoms with Gasteiger partial charge in [0.1, 0.15) is 12.9 Å². The Kier molecular flexibility index (Phi) is 7.50. The molecular formula is C20H30ClO2P. The average molecular weight is 369 g/mol. The van der Waals surface area contributed by atoms with E-state index in [2.05, 4.69) is 6.58 Å². The summed E-state index contributed by atoms with van der Waals surface area (Å²) in [5.74, 6) is 0.375. The number of Topliss-reactive ketones (excluding diaryl/α,β-unsaturated/α-hetero) is 1. The summed E-state index contributed by atoms with van der Waals surface area (Å²) < 4.78 is 14.4. The fraction of sp³-hybridized carbons (Fsp3) is 0.550. The zero-order valence-corrected chi connectivity index (χ0v) is 17.2. The molecule has 0 aliphatic rings. The standard InChI is InChI=1S/C20H30ClO2P/c1-7-17(22)13-15(2)19(16(3)14-21)24(23,20(4,5)6)18-11-9-8-10-12-18/h8-12,15,19H,3,7,13-14H2,1-2,4-6H3/t15-,19-,24?/m0/s1. The highest BCUT2D eigenvalue weighted by atomic mass is 35.5. The molecule has 0 bridgehead atoms. The fourth-order valence-corrected chi connectivity index (χ4v) is 7.57. The van der Waals surface area contributed by atoms with Crippen LogP contribution in [0.2, 0.25) is 0 Å². The van der Waals surface area contributed by atoms with Crippen LogP contribution in [0.25, 0.3) is 0 Å². The van der Waals surface area contributed by atoms with Crippen molar-refractivity contribution in [3.8, 4) is 0 Å². The molecule has 1 aromatic carbocycles. The van der Waals surface area contributed by atoms with Crippen LogP contribution in [-0.2, 0) is 9.36 Å². The first-order valence-corrected chi connectivity index (χ1v) is 10.8. The van der Waals surface area contributed by atoms with Gasteiger partial charge in [0.15, 0.2) is 0 Å². The minimum absolute atomic E-state index is 0.0611. The lowest BCUT2D eigenvalue weighted by Gasteiger charge is -2.41. The molecule has 1 aromatic rings. The van der Waals surface area contributed by atoms with Crippen LogP contribution in [0.1, 0.15) is 47.5 Å². The molecule has 0 saturated carbocycles. The first kappa shape index (κ1) is 21.2. The van der Waals surface area contributed by atoms with Crippen LogP contribution in [0.5, 0.6) is 0 Å². The number of rotatable bonds is 8. The molecule has 0 amide bonds. The molecule has 0 N–H and O–H groups in total. The van der Waals surface area contributed by atoms with Gasteiger partial charge in [-0.05, 0) is 5.92 Å². The van der Waals surface area contributed by atoms with Gasteiger partial charge in [0, 0.05) is 34.8 Å². The van der Waals surface area contributed by atoms with E-state index in [0.29, 0.717) is 12.8 Å². The Hall–Kier alpha value is -0.850. The van der Waals surface area contributed by atoms with Crippen molar-refractivity contribution < 1.29 is 9.36 Å². The summed E-state index contributed by atoms with van der Waals surface area (Å²) >= 11 is 6.10. The van der Waals surface area contributed by atoms with E-state index in [9.17, 15) is 9.36 Å². The Labute approximate surface area is 152 Å². The van der Waals surface area contributed by atoms with Gasteiger partial charge in [-0.25, -0.2) is 0 Å². The van der Waals surface area contributed by atoms with E-state index in [4.69, 9.17) is 11.6 Å². The normalized spacial score (nSPS) is 16.9. The van der Waals surface area contributed by atoms with Gasteiger partial charge in [0.25, 0.3) is 0 Å². The lowest BCUT2D eigenvalue weighted by molar-refractivity contribution is -0.119. The fourth-order valence-electron chi connectivity index (χ4n) is 3.33. The first-order chi connectivity index (χ1) is 11.1. The van der Waals surface area contributed by atoms with Crippen molar-refractivity contribution in [2.45, 2.75) is 58.3 Å². The van der Waals surface area contributed by atoms with Crippen molar-refractivity contribution in [2.75, 3.05) is 5.88 Å². The Morgan fingerprint density at radius 2 is 1.79 bits per heavy atom. The second-order valence-corrected chi connectivity index (χ2v) is 11.5. The van der Waals surface area contributed by atoms with Crippen LogP contribution in [-0.4, -0.2) is 22.5 Å². The second kappa shape index (κ2) is 8.50. The third-order valence-corrected chi connectivity index (χ3v) is 9.66. The zero-order chi connectivity index (χ0) is 18.5. The van der Waals surface area contributed by atoms with Gasteiger partial charge in [0.2, 0.25) is 0 Å². The predicted molar refractivity (Wildman–Crippen MR) is 106 cm³/mol. The minimum Gasteiger partial charge on any atom is -0.317 e. The molecule has 0 fully saturated rings. The number of alkyl halides is 1. The van der Waals surface area contributed by atoms with Crippen LogP contribution in [0.3, 0.4) is 0 Å². The number of allylic oxidation sites excluding steroid dienone is 1. The van der Waals surface area contributed by atoms with E-state index in [1.54, 1.807) is 0 Å². The van der Waals surface area contributed by atoms with E-state index in [0.717, 1.165) is 10.9 Å². The summed E-state index contributed by atoms with van der Waals surface area (Å²) in [6.45, 7) is 14.0. The largest absolute Gasteiger partial charge is 0.317 e. The Morgan fingerprint density at radius 3 is 2.21 bits per heavy atom. The van der Waals surface area contributed by atoms with Crippen LogP contribution in [0.15, 0.2) is 42.5 Å². The molecule has 2 nitrogen and oxygen atoms in total. The van der Waals surface area contributed by atoms with Crippen LogP contribution in [0, 0.1) is 5.92 Å². The monoisotopic (exact) mass is 368 g/mol. The predicted octanol–water partition coefficient (Wildman–Crippen LogP) is 5.64. The van der Waals surface area contributed by atoms with Crippen molar-refractivity contribution in [2.24, 2.45) is 5.92 Å². The van der Waals surface area contributed by atoms with E-state index < -0.39 is 12.3 Å². The van der Waals surface area contributed by atoms with Gasteiger partial charge in [-0.1, -0.05) is 77.1 Å². The molecule has 0 radical (unpaired) electrons. The molecule has 3 atom stereocenters. The van der Waals surface area contributed by atoms with E-state index >= 15 is 0 Å². The summed E-state index contributed by atoms with van der Waals surface area (Å²) in [4.78, 5) is 12.0. The van der Waals surface area contributed by atoms with Crippen LogP contribution < -0.4 is 5.30 Å². The number of halogens is 1. The SMILES string of the molecule is C=C(CCl)[C@H]([C@@H](C)CC(=O)CC)P(=O)(c1ccccc1)C(C)(C)C. The number of ketones is 1. The topological polar surface area (TPSA) is 34.1 Å². The third kappa shape index (κ3) is 4.41. The number of benzene rings is 1. The molecule has 0 aromatic heterocycles. The van der Waals surface area contributed by atoms with Crippen LogP contribution in [0.4, 0.5) is 0 Å². The first-order valence-electron chi connectivity index (χ1n) is 8.50. The molecule has 0 saturated heterocycles. The average Bonchev–Trinajstić information content (AvgIpc) is 2.54. The quantitative estimate of drug-likeness (QED) is 0.338. The molecule has 24 heavy (non-hydrogen) atoms. The summed E-state index contributed by atoms with van der Waals surface area (Å²) in [5, 5.41) is 0.391. The van der Waals surface area contributed by atoms with Crippen molar-refractivity contribution in [1.29, 1.82) is 0 Å². The van der Waals surface area contributed by atoms with Crippen molar-refractivity contribution in [1.82, 2.24) is 0 Å². The van der Waals surface area contributed by atoms with Gasteiger partial charge in [-0.3, -0.25) is 4.79 Å². The molecule has 0 aliphatic carbocycles. The minimum atomic E-state index is -2.90. The molecule has 0 spiro atoms. The number of hydrogen-bond acceptors (Lipinski definition) is 2. The molecule has 4 heteroatoms. The smallest absolute Gasteiger partial charge is 0.132 e. The van der Waals surface area contributed by atoms with Gasteiger partial charge >= 0.3 is 0 Å². The van der Waals surface area contributed by atoms with Gasteiger partial charge in [0.05, 0.1) is 0 Å². The lowest BCUT2D eigenvalue weighted by atomic mass is 9.96. The highest BCUT2D eigenvalue weighted by Crippen LogP contribution is 2.64. The van der Waals surface area contributed by atoms with Gasteiger partial charge < -0.3 is 4.57 Å². The van der Waals surface area contributed by atoms with E-state index in [-0.39, 0.29) is 23.2 Å². The summed E-state index contributed by atoms with van der Waals surface area (Å²) in [5.41, 5.74) is 0.461. The molecule has 1 rings (SSSR count). The maximum atomic E-state index is 14.4. The summed E-state index contributed by atoms with van der Waals surface area (Å²) in [7, 11) is -2.90. The number of carbonyl (C=O) groups is 1. The van der Waals surface area contributed by atoms with Crippen LogP contribution >= 0.6 is 18.7 Å². The molecule has 0 aliphatic heterocycles. The lowest BCUT2D eigenvalue weighted by Crippen LogP contribution is -2.36. The maximum Gasteiger partial charge on any atom is 0.132 e. The third-order valence-electron chi connectivity index (χ3n) is 4.60. The summed E-state index contributed by atoms with van der Waals surface area (Å²) in [6.07, 6.45) is 0.902. The molecular weight excluding hydrogens is 339 g/mol. The van der Waals surface area contributed by atoms with Crippen molar-refractivity contribution in [3.05, 3.63) is 42.5 Å². The Morgan fingerprint density at radius 1 is 1.25 bits per heavy atom. The number of hydrogen-bond donors (Lipinski definition) is 0. The number of carbonyl (C=O) groups excluding carboxylic acids is 1. The highest BCUT2D eigenvalue weighted by Gasteiger charge is 2.47. The van der Waals surface area contributed by atoms with Crippen molar-refractivity contribution in [3.63, 3.8) is 0 Å². The Bertz CT molecular complexity index is 616. The zero-order valence-electron chi connectivity index (χ0n) is 15.5. The highest BCUT2D eigenvalue weighted by molar-refractivity contribution is 7.73. The molecule has 0 heterocycles. The van der Waals surface area contributed by atoms with Gasteiger partial charge in [-0.15, -0.1) is 11.6 Å². The maximum absolute atomic E-state index is 14.4. The van der Waals surface area contributed by atoms with E-state index in [1.165, 1.54) is 0 Å². The summed E-state index contributed by atoms with van der Waals surface area (Å²) in [6, 6.07) is 9.60. The molecule has 134 valence electrons. The van der Waals surface area contributed by atoms with Gasteiger partial charge in [-0.2, -0.15) is 0 Å². The van der Waals surface area contributed by atoms with E-state index in [1.807, 2.05) is 65.0 Å². The second-order valence-electron chi connectivity index (χ2n) is 7.47. The van der Waals surface area contributed by atoms with Crippen molar-refractivity contribution >= 4 is 29.8 Å². The Balaban J connectivity index is 3.51.